The maximum absolute atomic E-state index is 12.4. The first-order valence-corrected chi connectivity index (χ1v) is 10.6. The van der Waals surface area contributed by atoms with E-state index in [0.717, 1.165) is 32.5 Å². The molecule has 2 aliphatic rings. The minimum atomic E-state index is -2.92. The molecule has 6 heteroatoms. The maximum atomic E-state index is 12.4. The van der Waals surface area contributed by atoms with E-state index in [1.807, 2.05) is 6.07 Å². The molecule has 0 bridgehead atoms. The number of piperidine rings is 1. The minimum absolute atomic E-state index is 0.119. The van der Waals surface area contributed by atoms with Crippen molar-refractivity contribution in [3.63, 3.8) is 0 Å². The lowest BCUT2D eigenvalue weighted by Gasteiger charge is -2.33. The lowest BCUT2D eigenvalue weighted by Crippen LogP contribution is -2.44. The first kappa shape index (κ1) is 17.4. The first-order valence-electron chi connectivity index (χ1n) is 8.76. The molecule has 3 rings (SSSR count). The summed E-state index contributed by atoms with van der Waals surface area (Å²) in [5.41, 5.74) is 1.33. The van der Waals surface area contributed by atoms with Gasteiger partial charge in [0.1, 0.15) is 0 Å². The Morgan fingerprint density at radius 3 is 2.25 bits per heavy atom. The maximum Gasteiger partial charge on any atom is 0.222 e. The number of likely N-dealkylation sites (tertiary alicyclic amines) is 1. The number of hydrogen-bond acceptors (Lipinski definition) is 4. The number of rotatable bonds is 4. The van der Waals surface area contributed by atoms with Crippen LogP contribution in [0, 0.1) is 5.92 Å². The van der Waals surface area contributed by atoms with Crippen LogP contribution in [-0.2, 0) is 21.2 Å². The van der Waals surface area contributed by atoms with Gasteiger partial charge in [-0.25, -0.2) is 8.42 Å². The molecule has 0 aliphatic carbocycles. The minimum Gasteiger partial charge on any atom is -0.341 e. The van der Waals surface area contributed by atoms with E-state index >= 15 is 0 Å². The Morgan fingerprint density at radius 1 is 1.00 bits per heavy atom. The molecule has 0 saturated carbocycles. The zero-order valence-electron chi connectivity index (χ0n) is 14.1. The van der Waals surface area contributed by atoms with Gasteiger partial charge in [-0.2, -0.15) is 0 Å². The van der Waals surface area contributed by atoms with Gasteiger partial charge < -0.3 is 4.90 Å². The fourth-order valence-corrected chi connectivity index (χ4v) is 4.73. The molecule has 1 amide bonds. The van der Waals surface area contributed by atoms with Crippen LogP contribution in [-0.4, -0.2) is 61.8 Å². The summed E-state index contributed by atoms with van der Waals surface area (Å²) in [6, 6.07) is 10.5. The molecule has 2 saturated heterocycles. The molecule has 0 unspecified atom stereocenters. The Balaban J connectivity index is 1.41. The fraction of sp³-hybridized carbons (Fsp3) is 0.611. The van der Waals surface area contributed by atoms with Crippen LogP contribution in [0.3, 0.4) is 0 Å². The van der Waals surface area contributed by atoms with Crippen molar-refractivity contribution in [2.75, 3.05) is 37.7 Å². The first-order chi connectivity index (χ1) is 11.5. The van der Waals surface area contributed by atoms with Crippen LogP contribution >= 0.6 is 0 Å². The fourth-order valence-electron chi connectivity index (χ4n) is 3.53. The average Bonchev–Trinajstić information content (AvgIpc) is 2.57. The van der Waals surface area contributed by atoms with E-state index in [0.29, 0.717) is 25.4 Å². The van der Waals surface area contributed by atoms with Crippen LogP contribution < -0.4 is 0 Å². The zero-order valence-corrected chi connectivity index (χ0v) is 14.9. The quantitative estimate of drug-likeness (QED) is 0.827. The third-order valence-corrected chi connectivity index (χ3v) is 6.73. The molecule has 1 aromatic rings. The summed E-state index contributed by atoms with van der Waals surface area (Å²) in [7, 11) is -2.92. The Bertz CT molecular complexity index is 638. The number of nitrogens with zero attached hydrogens (tertiary/aromatic N) is 2. The second kappa shape index (κ2) is 7.66. The van der Waals surface area contributed by atoms with Crippen LogP contribution in [0.1, 0.15) is 24.8 Å². The van der Waals surface area contributed by atoms with E-state index in [-0.39, 0.29) is 17.4 Å². The Hall–Kier alpha value is -1.40. The molecule has 2 aliphatic heterocycles. The number of carbonyl (C=O) groups excluding carboxylic acids is 1. The molecule has 0 N–H and O–H groups in total. The molecule has 1 aromatic carbocycles. The number of hydrogen-bond donors (Lipinski definition) is 0. The van der Waals surface area contributed by atoms with Crippen LogP contribution in [0.5, 0.6) is 0 Å². The predicted octanol–water partition coefficient (Wildman–Crippen LogP) is 1.55. The van der Waals surface area contributed by atoms with Crippen LogP contribution in [0.25, 0.3) is 0 Å². The van der Waals surface area contributed by atoms with Gasteiger partial charge in [-0.1, -0.05) is 30.3 Å². The van der Waals surface area contributed by atoms with E-state index in [9.17, 15) is 13.2 Å². The standard InChI is InChI=1S/C18H26N2O3S/c21-18(20-10-12-24(22,23)13-11-20)14-16-6-8-19(9-7-16)15-17-4-2-1-3-5-17/h1-5,16H,6-15H2. The van der Waals surface area contributed by atoms with Crippen molar-refractivity contribution in [3.05, 3.63) is 35.9 Å². The number of carbonyl (C=O) groups is 1. The van der Waals surface area contributed by atoms with Crippen LogP contribution in [0.15, 0.2) is 30.3 Å². The number of amides is 1. The topological polar surface area (TPSA) is 57.7 Å². The predicted molar refractivity (Wildman–Crippen MR) is 94.3 cm³/mol. The second-order valence-electron chi connectivity index (χ2n) is 6.94. The Morgan fingerprint density at radius 2 is 1.62 bits per heavy atom. The number of benzene rings is 1. The second-order valence-corrected chi connectivity index (χ2v) is 9.25. The molecule has 2 heterocycles. The third kappa shape index (κ3) is 4.80. The highest BCUT2D eigenvalue weighted by molar-refractivity contribution is 7.91. The largest absolute Gasteiger partial charge is 0.341 e. The SMILES string of the molecule is O=C(CC1CCN(Cc2ccccc2)CC1)N1CCS(=O)(=O)CC1. The van der Waals surface area contributed by atoms with Crippen molar-refractivity contribution >= 4 is 15.7 Å². The van der Waals surface area contributed by atoms with Crippen LogP contribution in [0.4, 0.5) is 0 Å². The molecule has 0 radical (unpaired) electrons. The van der Waals surface area contributed by atoms with Crippen molar-refractivity contribution in [2.24, 2.45) is 5.92 Å². The summed E-state index contributed by atoms with van der Waals surface area (Å²) in [4.78, 5) is 16.5. The van der Waals surface area contributed by atoms with Gasteiger partial charge in [0, 0.05) is 26.1 Å². The summed E-state index contributed by atoms with van der Waals surface area (Å²) in [6.07, 6.45) is 2.66. The molecule has 0 atom stereocenters. The normalized spacial score (nSPS) is 22.4. The molecular weight excluding hydrogens is 324 g/mol. The van der Waals surface area contributed by atoms with E-state index in [1.54, 1.807) is 4.90 Å². The van der Waals surface area contributed by atoms with E-state index in [4.69, 9.17) is 0 Å². The summed E-state index contributed by atoms with van der Waals surface area (Å²) in [6.45, 7) is 3.77. The Kier molecular flexibility index (Phi) is 5.56. The van der Waals surface area contributed by atoms with E-state index < -0.39 is 9.84 Å². The van der Waals surface area contributed by atoms with Gasteiger partial charge in [-0.15, -0.1) is 0 Å². The molecule has 0 aromatic heterocycles. The third-order valence-electron chi connectivity index (χ3n) is 5.12. The van der Waals surface area contributed by atoms with Crippen molar-refractivity contribution < 1.29 is 13.2 Å². The van der Waals surface area contributed by atoms with Crippen LogP contribution in [0.2, 0.25) is 0 Å². The van der Waals surface area contributed by atoms with Crippen molar-refractivity contribution in [3.8, 4) is 0 Å². The van der Waals surface area contributed by atoms with Crippen molar-refractivity contribution in [1.29, 1.82) is 0 Å². The van der Waals surface area contributed by atoms with Gasteiger partial charge in [0.15, 0.2) is 9.84 Å². The van der Waals surface area contributed by atoms with E-state index in [1.165, 1.54) is 5.56 Å². The highest BCUT2D eigenvalue weighted by Gasteiger charge is 2.28. The average molecular weight is 350 g/mol. The van der Waals surface area contributed by atoms with E-state index in [2.05, 4.69) is 29.2 Å². The monoisotopic (exact) mass is 350 g/mol. The zero-order chi connectivity index (χ0) is 17.0. The van der Waals surface area contributed by atoms with Crippen molar-refractivity contribution in [1.82, 2.24) is 9.80 Å². The number of sulfone groups is 1. The van der Waals surface area contributed by atoms with Gasteiger partial charge in [0.2, 0.25) is 5.91 Å². The van der Waals surface area contributed by atoms with Gasteiger partial charge in [0.05, 0.1) is 11.5 Å². The summed E-state index contributed by atoms with van der Waals surface area (Å²) < 4.78 is 22.9. The molecule has 5 nitrogen and oxygen atoms in total. The molecule has 132 valence electrons. The summed E-state index contributed by atoms with van der Waals surface area (Å²) in [5, 5.41) is 0. The molecule has 0 spiro atoms. The highest BCUT2D eigenvalue weighted by Crippen LogP contribution is 2.23. The summed E-state index contributed by atoms with van der Waals surface area (Å²) in [5.74, 6) is 0.803. The summed E-state index contributed by atoms with van der Waals surface area (Å²) >= 11 is 0. The van der Waals surface area contributed by atoms with Gasteiger partial charge >= 0.3 is 0 Å². The molecular formula is C18H26N2O3S. The highest BCUT2D eigenvalue weighted by atomic mass is 32.2. The lowest BCUT2D eigenvalue weighted by molar-refractivity contribution is -0.132. The lowest BCUT2D eigenvalue weighted by atomic mass is 9.92. The Labute approximate surface area is 144 Å². The van der Waals surface area contributed by atoms with Gasteiger partial charge in [-0.05, 0) is 37.4 Å². The van der Waals surface area contributed by atoms with Gasteiger partial charge in [0.25, 0.3) is 0 Å². The van der Waals surface area contributed by atoms with Gasteiger partial charge in [-0.3, -0.25) is 9.69 Å². The smallest absolute Gasteiger partial charge is 0.222 e. The molecule has 24 heavy (non-hydrogen) atoms. The molecule has 2 fully saturated rings. The van der Waals surface area contributed by atoms with Crippen molar-refractivity contribution in [2.45, 2.75) is 25.8 Å².